The molecule has 0 N–H and O–H groups in total. The molecule has 0 atom stereocenters. The van der Waals surface area contributed by atoms with Crippen molar-refractivity contribution in [2.75, 3.05) is 12.5 Å². The van der Waals surface area contributed by atoms with Gasteiger partial charge in [-0.3, -0.25) is 4.79 Å². The second-order valence-corrected chi connectivity index (χ2v) is 4.91. The summed E-state index contributed by atoms with van der Waals surface area (Å²) >= 11 is 5.81. The number of carbonyl (C=O) groups excluding carboxylic acids is 1. The summed E-state index contributed by atoms with van der Waals surface area (Å²) in [5.41, 5.74) is 2.69. The molecule has 0 aliphatic rings. The number of nitrogens with zero attached hydrogens (tertiary/aromatic N) is 3. The van der Waals surface area contributed by atoms with Gasteiger partial charge in [0.05, 0.1) is 13.0 Å². The van der Waals surface area contributed by atoms with E-state index in [0.29, 0.717) is 31.9 Å². The highest BCUT2D eigenvalue weighted by molar-refractivity contribution is 6.17. The Morgan fingerprint density at radius 3 is 3.00 bits per heavy atom. The van der Waals surface area contributed by atoms with Crippen molar-refractivity contribution < 1.29 is 9.53 Å². The Hall–Kier alpha value is -1.62. The van der Waals surface area contributed by atoms with E-state index < -0.39 is 0 Å². The molecular weight excluding hydrogens is 278 g/mol. The van der Waals surface area contributed by atoms with Gasteiger partial charge in [0, 0.05) is 25.0 Å². The Labute approximate surface area is 122 Å². The van der Waals surface area contributed by atoms with E-state index in [1.807, 2.05) is 17.6 Å². The fraction of sp³-hybridized carbons (Fsp3) is 0.500. The monoisotopic (exact) mass is 295 g/mol. The summed E-state index contributed by atoms with van der Waals surface area (Å²) in [6, 6.07) is 1.99. The predicted molar refractivity (Wildman–Crippen MR) is 77.9 cm³/mol. The molecule has 2 rings (SSSR count). The molecule has 0 fully saturated rings. The van der Waals surface area contributed by atoms with Gasteiger partial charge in [0.1, 0.15) is 11.3 Å². The van der Waals surface area contributed by atoms with E-state index in [1.54, 1.807) is 13.1 Å². The lowest BCUT2D eigenvalue weighted by molar-refractivity contribution is -0.143. The predicted octanol–water partition coefficient (Wildman–Crippen LogP) is 2.47. The molecule has 0 spiro atoms. The lowest BCUT2D eigenvalue weighted by Crippen LogP contribution is -2.11. The third-order valence-electron chi connectivity index (χ3n) is 2.96. The van der Waals surface area contributed by atoms with Crippen LogP contribution < -0.4 is 0 Å². The Kier molecular flexibility index (Phi) is 4.95. The molecule has 20 heavy (non-hydrogen) atoms. The number of aryl methyl sites for hydroxylation is 3. The average Bonchev–Trinajstić information content (AvgIpc) is 2.74. The molecule has 6 heteroatoms. The van der Waals surface area contributed by atoms with Crippen LogP contribution in [0.25, 0.3) is 11.2 Å². The van der Waals surface area contributed by atoms with Crippen LogP contribution in [0.2, 0.25) is 0 Å². The van der Waals surface area contributed by atoms with E-state index >= 15 is 0 Å². The van der Waals surface area contributed by atoms with Crippen molar-refractivity contribution in [1.29, 1.82) is 0 Å². The van der Waals surface area contributed by atoms with Crippen molar-refractivity contribution in [2.24, 2.45) is 0 Å². The first-order chi connectivity index (χ1) is 9.65. The Morgan fingerprint density at radius 2 is 2.30 bits per heavy atom. The number of imidazole rings is 1. The topological polar surface area (TPSA) is 57.0 Å². The Morgan fingerprint density at radius 1 is 1.50 bits per heavy atom. The summed E-state index contributed by atoms with van der Waals surface area (Å²) < 4.78 is 6.90. The smallest absolute Gasteiger partial charge is 0.307 e. The molecule has 0 radical (unpaired) electrons. The lowest BCUT2D eigenvalue weighted by atomic mass is 10.3. The zero-order chi connectivity index (χ0) is 14.5. The lowest BCUT2D eigenvalue weighted by Gasteiger charge is -2.07. The Balaban J connectivity index is 2.28. The summed E-state index contributed by atoms with van der Waals surface area (Å²) in [6.07, 6.45) is 2.76. The molecule has 0 aliphatic carbocycles. The summed E-state index contributed by atoms with van der Waals surface area (Å²) in [4.78, 5) is 20.5. The molecule has 0 aliphatic heterocycles. The number of aromatic nitrogens is 3. The first kappa shape index (κ1) is 14.8. The zero-order valence-corrected chi connectivity index (χ0v) is 12.5. The third kappa shape index (κ3) is 3.28. The molecular formula is C14H18ClN3O2. The average molecular weight is 296 g/mol. The first-order valence-corrected chi connectivity index (χ1v) is 7.22. The number of fused-ring (bicyclic) bond motifs is 1. The molecule has 0 bridgehead atoms. The van der Waals surface area contributed by atoms with Gasteiger partial charge < -0.3 is 9.30 Å². The van der Waals surface area contributed by atoms with Gasteiger partial charge in [-0.2, -0.15) is 0 Å². The minimum absolute atomic E-state index is 0.210. The number of pyridine rings is 1. The molecule has 108 valence electrons. The van der Waals surface area contributed by atoms with E-state index in [9.17, 15) is 4.79 Å². The highest BCUT2D eigenvalue weighted by Gasteiger charge is 2.13. The number of ether oxygens (including phenoxy) is 1. The molecule has 2 aromatic rings. The van der Waals surface area contributed by atoms with E-state index in [2.05, 4.69) is 9.97 Å². The highest BCUT2D eigenvalue weighted by atomic mass is 35.5. The number of rotatable bonds is 6. The molecule has 2 heterocycles. The van der Waals surface area contributed by atoms with Crippen molar-refractivity contribution in [3.8, 4) is 0 Å². The van der Waals surface area contributed by atoms with Gasteiger partial charge in [-0.05, 0) is 25.5 Å². The standard InChI is InChI=1S/C14H18ClN3O2/c1-3-20-13(19)5-7-18-12(4-6-15)17-11-8-10(2)9-16-14(11)18/h8-9H,3-7H2,1-2H3. The van der Waals surface area contributed by atoms with Crippen LogP contribution in [-0.2, 0) is 22.5 Å². The second kappa shape index (κ2) is 6.70. The summed E-state index contributed by atoms with van der Waals surface area (Å²) in [5.74, 6) is 1.14. The van der Waals surface area contributed by atoms with Gasteiger partial charge in [-0.25, -0.2) is 9.97 Å². The van der Waals surface area contributed by atoms with Gasteiger partial charge in [-0.1, -0.05) is 0 Å². The molecule has 5 nitrogen and oxygen atoms in total. The van der Waals surface area contributed by atoms with E-state index in [4.69, 9.17) is 16.3 Å². The van der Waals surface area contributed by atoms with Crippen LogP contribution in [0.3, 0.4) is 0 Å². The van der Waals surface area contributed by atoms with Gasteiger partial charge in [0.2, 0.25) is 0 Å². The van der Waals surface area contributed by atoms with Crippen molar-refractivity contribution in [2.45, 2.75) is 33.2 Å². The van der Waals surface area contributed by atoms with Crippen LogP contribution in [0.1, 0.15) is 24.7 Å². The maximum absolute atomic E-state index is 11.5. The first-order valence-electron chi connectivity index (χ1n) is 6.69. The molecule has 0 unspecified atom stereocenters. The highest BCUT2D eigenvalue weighted by Crippen LogP contribution is 2.16. The maximum Gasteiger partial charge on any atom is 0.307 e. The van der Waals surface area contributed by atoms with Crippen LogP contribution in [0.4, 0.5) is 0 Å². The third-order valence-corrected chi connectivity index (χ3v) is 3.15. The van der Waals surface area contributed by atoms with Crippen LogP contribution in [0.15, 0.2) is 12.3 Å². The van der Waals surface area contributed by atoms with E-state index in [-0.39, 0.29) is 5.97 Å². The van der Waals surface area contributed by atoms with E-state index in [1.165, 1.54) is 0 Å². The van der Waals surface area contributed by atoms with Crippen molar-refractivity contribution in [3.63, 3.8) is 0 Å². The molecule has 0 amide bonds. The van der Waals surface area contributed by atoms with Crippen molar-refractivity contribution >= 4 is 28.7 Å². The van der Waals surface area contributed by atoms with Crippen molar-refractivity contribution in [1.82, 2.24) is 14.5 Å². The van der Waals surface area contributed by atoms with Gasteiger partial charge in [-0.15, -0.1) is 11.6 Å². The Bertz CT molecular complexity index is 610. The number of hydrogen-bond donors (Lipinski definition) is 0. The van der Waals surface area contributed by atoms with Crippen LogP contribution in [0.5, 0.6) is 0 Å². The summed E-state index contributed by atoms with van der Waals surface area (Å²) in [6.45, 7) is 4.69. The number of halogens is 1. The largest absolute Gasteiger partial charge is 0.466 e. The number of esters is 1. The van der Waals surface area contributed by atoms with Crippen molar-refractivity contribution in [3.05, 3.63) is 23.7 Å². The van der Waals surface area contributed by atoms with Crippen LogP contribution in [-0.4, -0.2) is 33.0 Å². The number of hydrogen-bond acceptors (Lipinski definition) is 4. The van der Waals surface area contributed by atoms with Gasteiger partial charge in [0.25, 0.3) is 0 Å². The molecule has 2 aromatic heterocycles. The fourth-order valence-corrected chi connectivity index (χ4v) is 2.27. The molecule has 0 saturated carbocycles. The summed E-state index contributed by atoms with van der Waals surface area (Å²) in [7, 11) is 0. The summed E-state index contributed by atoms with van der Waals surface area (Å²) in [5, 5.41) is 0. The second-order valence-electron chi connectivity index (χ2n) is 4.53. The number of alkyl halides is 1. The molecule has 0 aromatic carbocycles. The number of carbonyl (C=O) groups is 1. The van der Waals surface area contributed by atoms with E-state index in [0.717, 1.165) is 22.6 Å². The fourth-order valence-electron chi connectivity index (χ4n) is 2.11. The van der Waals surface area contributed by atoms with Crippen LogP contribution in [0, 0.1) is 6.92 Å². The normalized spacial score (nSPS) is 10.9. The molecule has 0 saturated heterocycles. The minimum atomic E-state index is -0.210. The van der Waals surface area contributed by atoms with Gasteiger partial charge in [0.15, 0.2) is 5.65 Å². The van der Waals surface area contributed by atoms with Crippen LogP contribution >= 0.6 is 11.6 Å². The zero-order valence-electron chi connectivity index (χ0n) is 11.7. The minimum Gasteiger partial charge on any atom is -0.466 e. The van der Waals surface area contributed by atoms with Gasteiger partial charge >= 0.3 is 5.97 Å². The quantitative estimate of drug-likeness (QED) is 0.607. The maximum atomic E-state index is 11.5. The SMILES string of the molecule is CCOC(=O)CCn1c(CCCl)nc2cc(C)cnc21.